The van der Waals surface area contributed by atoms with E-state index in [-0.39, 0.29) is 24.8 Å². The van der Waals surface area contributed by atoms with Crippen LogP contribution >= 0.6 is 11.6 Å². The molecule has 1 atom stereocenters. The lowest BCUT2D eigenvalue weighted by Gasteiger charge is -2.29. The summed E-state index contributed by atoms with van der Waals surface area (Å²) in [6, 6.07) is 12.3. The van der Waals surface area contributed by atoms with Crippen LogP contribution in [0.15, 0.2) is 42.5 Å². The number of aryl methyl sites for hydroxylation is 1. The van der Waals surface area contributed by atoms with Gasteiger partial charge in [-0.3, -0.25) is 13.9 Å². The van der Waals surface area contributed by atoms with E-state index in [4.69, 9.17) is 11.6 Å². The summed E-state index contributed by atoms with van der Waals surface area (Å²) in [6.45, 7) is 8.52. The van der Waals surface area contributed by atoms with Gasteiger partial charge in [-0.05, 0) is 56.9 Å². The van der Waals surface area contributed by atoms with Crippen molar-refractivity contribution < 1.29 is 18.0 Å². The molecule has 0 heterocycles. The van der Waals surface area contributed by atoms with Crippen molar-refractivity contribution in [2.45, 2.75) is 66.0 Å². The van der Waals surface area contributed by atoms with Crippen molar-refractivity contribution in [1.29, 1.82) is 0 Å². The van der Waals surface area contributed by atoms with Gasteiger partial charge >= 0.3 is 0 Å². The summed E-state index contributed by atoms with van der Waals surface area (Å²) >= 11 is 6.21. The Hall–Kier alpha value is -2.58. The molecule has 0 radical (unpaired) electrons. The Morgan fingerprint density at radius 3 is 2.33 bits per heavy atom. The van der Waals surface area contributed by atoms with Crippen LogP contribution in [0.4, 0.5) is 5.69 Å². The minimum Gasteiger partial charge on any atom is -0.354 e. The minimum atomic E-state index is -3.59. The van der Waals surface area contributed by atoms with Crippen LogP contribution in [0.5, 0.6) is 0 Å². The Labute approximate surface area is 220 Å². The average Bonchev–Trinajstić information content (AvgIpc) is 2.82. The predicted molar refractivity (Wildman–Crippen MR) is 147 cm³/mol. The lowest BCUT2D eigenvalue weighted by atomic mass is 10.1. The number of amides is 2. The van der Waals surface area contributed by atoms with Gasteiger partial charge in [-0.2, -0.15) is 0 Å². The first kappa shape index (κ1) is 29.6. The number of nitrogens with zero attached hydrogens (tertiary/aromatic N) is 2. The number of rotatable bonds is 13. The Bertz CT molecular complexity index is 1140. The van der Waals surface area contributed by atoms with Crippen LogP contribution < -0.4 is 9.62 Å². The third-order valence-electron chi connectivity index (χ3n) is 6.13. The summed E-state index contributed by atoms with van der Waals surface area (Å²) in [4.78, 5) is 27.7. The second kappa shape index (κ2) is 13.7. The molecule has 0 aliphatic carbocycles. The van der Waals surface area contributed by atoms with Crippen molar-refractivity contribution >= 4 is 39.1 Å². The normalized spacial score (nSPS) is 12.2. The molecule has 2 aromatic rings. The highest BCUT2D eigenvalue weighted by atomic mass is 35.5. The highest BCUT2D eigenvalue weighted by Gasteiger charge is 2.27. The minimum absolute atomic E-state index is 0.101. The quantitative estimate of drug-likeness (QED) is 0.372. The maximum Gasteiger partial charge on any atom is 0.242 e. The SMILES string of the molecule is CCCCNC(=O)C(C)N(Cc1ccc(C)cc1)C(=O)CCCN(c1cccc(Cl)c1C)S(C)(=O)=O. The van der Waals surface area contributed by atoms with E-state index in [1.54, 1.807) is 36.9 Å². The number of halogens is 1. The van der Waals surface area contributed by atoms with Crippen LogP contribution in [0.2, 0.25) is 5.02 Å². The molecule has 2 amide bonds. The fourth-order valence-electron chi connectivity index (χ4n) is 3.86. The van der Waals surface area contributed by atoms with Crippen molar-refractivity contribution in [3.63, 3.8) is 0 Å². The van der Waals surface area contributed by atoms with Crippen molar-refractivity contribution in [2.24, 2.45) is 0 Å². The molecular formula is C27H38ClN3O4S. The van der Waals surface area contributed by atoms with Gasteiger partial charge < -0.3 is 10.2 Å². The highest BCUT2D eigenvalue weighted by molar-refractivity contribution is 7.92. The average molecular weight is 536 g/mol. The van der Waals surface area contributed by atoms with Crippen molar-refractivity contribution in [3.8, 4) is 0 Å². The predicted octanol–water partition coefficient (Wildman–Crippen LogP) is 4.84. The van der Waals surface area contributed by atoms with Gasteiger partial charge in [-0.1, -0.05) is 60.8 Å². The monoisotopic (exact) mass is 535 g/mol. The van der Waals surface area contributed by atoms with E-state index < -0.39 is 16.1 Å². The molecule has 2 aromatic carbocycles. The molecule has 198 valence electrons. The number of anilines is 1. The molecule has 0 aliphatic heterocycles. The maximum atomic E-state index is 13.3. The van der Waals surface area contributed by atoms with E-state index in [0.29, 0.717) is 35.8 Å². The Kier molecular flexibility index (Phi) is 11.2. The second-order valence-corrected chi connectivity index (χ2v) is 11.5. The molecule has 0 saturated carbocycles. The van der Waals surface area contributed by atoms with Gasteiger partial charge in [0.05, 0.1) is 11.9 Å². The highest BCUT2D eigenvalue weighted by Crippen LogP contribution is 2.28. The largest absolute Gasteiger partial charge is 0.354 e. The third kappa shape index (κ3) is 8.52. The zero-order valence-corrected chi connectivity index (χ0v) is 23.5. The maximum absolute atomic E-state index is 13.3. The van der Waals surface area contributed by atoms with Gasteiger partial charge in [0.15, 0.2) is 0 Å². The number of carbonyl (C=O) groups is 2. The molecule has 36 heavy (non-hydrogen) atoms. The Morgan fingerprint density at radius 1 is 1.06 bits per heavy atom. The number of unbranched alkanes of at least 4 members (excludes halogenated alkanes) is 1. The second-order valence-electron chi connectivity index (χ2n) is 9.15. The molecule has 2 rings (SSSR count). The van der Waals surface area contributed by atoms with E-state index in [1.807, 2.05) is 38.1 Å². The summed E-state index contributed by atoms with van der Waals surface area (Å²) < 4.78 is 26.3. The van der Waals surface area contributed by atoms with E-state index in [1.165, 1.54) is 4.31 Å². The fourth-order valence-corrected chi connectivity index (χ4v) is 5.04. The zero-order chi connectivity index (χ0) is 26.9. The molecule has 0 fully saturated rings. The molecule has 0 bridgehead atoms. The lowest BCUT2D eigenvalue weighted by Crippen LogP contribution is -2.48. The van der Waals surface area contributed by atoms with Gasteiger partial charge in [0.25, 0.3) is 0 Å². The van der Waals surface area contributed by atoms with E-state index in [0.717, 1.165) is 30.2 Å². The smallest absolute Gasteiger partial charge is 0.242 e. The summed E-state index contributed by atoms with van der Waals surface area (Å²) in [5, 5.41) is 3.38. The van der Waals surface area contributed by atoms with Crippen LogP contribution in [-0.4, -0.2) is 50.5 Å². The molecule has 1 unspecified atom stereocenters. The number of nitrogens with one attached hydrogen (secondary N) is 1. The Balaban J connectivity index is 2.17. The van der Waals surface area contributed by atoms with Crippen LogP contribution in [0.25, 0.3) is 0 Å². The first-order valence-electron chi connectivity index (χ1n) is 12.3. The zero-order valence-electron chi connectivity index (χ0n) is 21.9. The number of hydrogen-bond donors (Lipinski definition) is 1. The van der Waals surface area contributed by atoms with Crippen LogP contribution in [0.3, 0.4) is 0 Å². The summed E-state index contributed by atoms with van der Waals surface area (Å²) in [5.41, 5.74) is 3.19. The molecule has 0 saturated heterocycles. The third-order valence-corrected chi connectivity index (χ3v) is 7.72. The van der Waals surface area contributed by atoms with Gasteiger partial charge in [-0.25, -0.2) is 8.42 Å². The van der Waals surface area contributed by atoms with Gasteiger partial charge in [0.1, 0.15) is 6.04 Å². The van der Waals surface area contributed by atoms with Crippen molar-refractivity contribution in [2.75, 3.05) is 23.7 Å². The summed E-state index contributed by atoms with van der Waals surface area (Å²) in [5.74, 6) is -0.402. The first-order chi connectivity index (χ1) is 17.0. The van der Waals surface area contributed by atoms with Gasteiger partial charge in [-0.15, -0.1) is 0 Å². The first-order valence-corrected chi connectivity index (χ1v) is 14.5. The summed E-state index contributed by atoms with van der Waals surface area (Å²) in [7, 11) is -3.59. The van der Waals surface area contributed by atoms with Gasteiger partial charge in [0, 0.05) is 31.1 Å². The van der Waals surface area contributed by atoms with Crippen LogP contribution in [-0.2, 0) is 26.2 Å². The fraction of sp³-hybridized carbons (Fsp3) is 0.481. The van der Waals surface area contributed by atoms with Crippen molar-refractivity contribution in [3.05, 3.63) is 64.2 Å². The topological polar surface area (TPSA) is 86.8 Å². The van der Waals surface area contributed by atoms with Gasteiger partial charge in [0.2, 0.25) is 21.8 Å². The number of hydrogen-bond acceptors (Lipinski definition) is 4. The molecule has 1 N–H and O–H groups in total. The number of benzene rings is 2. The lowest BCUT2D eigenvalue weighted by molar-refractivity contribution is -0.140. The molecule has 9 heteroatoms. The Morgan fingerprint density at radius 2 is 1.72 bits per heavy atom. The molecule has 7 nitrogen and oxygen atoms in total. The molecular weight excluding hydrogens is 498 g/mol. The van der Waals surface area contributed by atoms with E-state index in [9.17, 15) is 18.0 Å². The van der Waals surface area contributed by atoms with Crippen LogP contribution in [0.1, 0.15) is 56.2 Å². The summed E-state index contributed by atoms with van der Waals surface area (Å²) in [6.07, 6.45) is 3.37. The number of carbonyl (C=O) groups excluding carboxylic acids is 2. The molecule has 0 aromatic heterocycles. The number of sulfonamides is 1. The molecule has 0 aliphatic rings. The molecule has 0 spiro atoms. The van der Waals surface area contributed by atoms with E-state index >= 15 is 0 Å². The van der Waals surface area contributed by atoms with Crippen molar-refractivity contribution in [1.82, 2.24) is 10.2 Å². The van der Waals surface area contributed by atoms with Crippen LogP contribution in [0, 0.1) is 13.8 Å². The van der Waals surface area contributed by atoms with E-state index in [2.05, 4.69) is 5.32 Å². The standard InChI is InChI=1S/C27H38ClN3O4S/c1-6-7-17-29-27(33)22(4)30(19-23-15-13-20(2)14-16-23)26(32)12-9-18-31(36(5,34)35)25-11-8-10-24(28)21(25)3/h8,10-11,13-16,22H,6-7,9,12,17-19H2,1-5H3,(H,29,33).